The Labute approximate surface area is 119 Å². The van der Waals surface area contributed by atoms with Crippen molar-refractivity contribution in [1.82, 2.24) is 15.0 Å². The van der Waals surface area contributed by atoms with Gasteiger partial charge in [-0.25, -0.2) is 10.6 Å². The van der Waals surface area contributed by atoms with E-state index in [-0.39, 0.29) is 5.82 Å². The maximum Gasteiger partial charge on any atom is 0.351 e. The van der Waals surface area contributed by atoms with E-state index in [0.717, 1.165) is 4.57 Å². The number of nitrogens with zero attached hydrogens (tertiary/aromatic N) is 2. The maximum absolute atomic E-state index is 11.9. The van der Waals surface area contributed by atoms with Gasteiger partial charge in [-0.2, -0.15) is 4.98 Å². The predicted molar refractivity (Wildman–Crippen MR) is 70.3 cm³/mol. The minimum Gasteiger partial charge on any atom is -0.394 e. The second-order valence-corrected chi connectivity index (χ2v) is 4.94. The molecule has 0 aromatic carbocycles. The number of aromatic nitrogens is 2. The number of carbonyl (C=O) groups excluding carboxylic acids is 1. The van der Waals surface area contributed by atoms with Crippen LogP contribution in [0.1, 0.15) is 13.2 Å². The summed E-state index contributed by atoms with van der Waals surface area (Å²) in [5.41, 5.74) is 5.05. The van der Waals surface area contributed by atoms with Gasteiger partial charge in [-0.05, 0) is 13.0 Å². The number of hydrogen-bond donors (Lipinski definition) is 5. The van der Waals surface area contributed by atoms with Crippen molar-refractivity contribution in [2.75, 3.05) is 12.3 Å². The van der Waals surface area contributed by atoms with Crippen molar-refractivity contribution in [3.63, 3.8) is 0 Å². The van der Waals surface area contributed by atoms with Gasteiger partial charge in [-0.3, -0.25) is 14.8 Å². The van der Waals surface area contributed by atoms with Crippen LogP contribution in [0.3, 0.4) is 0 Å². The zero-order valence-corrected chi connectivity index (χ0v) is 11.3. The van der Waals surface area contributed by atoms with Gasteiger partial charge in [0, 0.05) is 6.20 Å². The summed E-state index contributed by atoms with van der Waals surface area (Å²) in [6.45, 7) is 0.852. The molecular weight excluding hydrogens is 282 g/mol. The summed E-state index contributed by atoms with van der Waals surface area (Å²) in [5.74, 6) is 4.41. The van der Waals surface area contributed by atoms with Crippen LogP contribution in [-0.2, 0) is 9.53 Å². The van der Waals surface area contributed by atoms with Crippen molar-refractivity contribution in [3.05, 3.63) is 22.7 Å². The van der Waals surface area contributed by atoms with Gasteiger partial charge < -0.3 is 20.7 Å². The second-order valence-electron chi connectivity index (χ2n) is 4.94. The van der Waals surface area contributed by atoms with Crippen molar-refractivity contribution >= 4 is 11.7 Å². The molecule has 0 aliphatic carbocycles. The third-order valence-electron chi connectivity index (χ3n) is 3.77. The van der Waals surface area contributed by atoms with Crippen LogP contribution in [0.15, 0.2) is 17.1 Å². The highest BCUT2D eigenvalue weighted by Gasteiger charge is 2.58. The number of hydrazine groups is 1. The Morgan fingerprint density at radius 2 is 2.33 bits per heavy atom. The van der Waals surface area contributed by atoms with Crippen LogP contribution < -0.4 is 22.7 Å². The zero-order valence-electron chi connectivity index (χ0n) is 11.3. The molecule has 21 heavy (non-hydrogen) atoms. The molecule has 0 saturated carbocycles. The SMILES string of the molecule is C[C@]1(C(=O)NN)[C@@H](CO)O[C@@H](n2ccc(N)nc2=O)[C@@H]1O. The number of aliphatic hydroxyl groups is 2. The molecule has 1 aliphatic rings. The lowest BCUT2D eigenvalue weighted by molar-refractivity contribution is -0.138. The van der Waals surface area contributed by atoms with Crippen molar-refractivity contribution in [3.8, 4) is 0 Å². The van der Waals surface area contributed by atoms with E-state index in [1.54, 1.807) is 0 Å². The Kier molecular flexibility index (Phi) is 3.96. The minimum absolute atomic E-state index is 0.0184. The van der Waals surface area contributed by atoms with Gasteiger partial charge in [0.1, 0.15) is 23.4 Å². The van der Waals surface area contributed by atoms with Crippen LogP contribution in [-0.4, -0.2) is 44.5 Å². The smallest absolute Gasteiger partial charge is 0.351 e. The number of amides is 1. The lowest BCUT2D eigenvalue weighted by Gasteiger charge is -2.29. The molecule has 2 heterocycles. The fourth-order valence-corrected chi connectivity index (χ4v) is 2.38. The summed E-state index contributed by atoms with van der Waals surface area (Å²) in [6.07, 6.45) is -2.35. The van der Waals surface area contributed by atoms with E-state index < -0.39 is 42.1 Å². The molecule has 1 aromatic heterocycles. The highest BCUT2D eigenvalue weighted by atomic mass is 16.5. The molecule has 0 bridgehead atoms. The van der Waals surface area contributed by atoms with E-state index in [1.807, 2.05) is 5.43 Å². The van der Waals surface area contributed by atoms with E-state index >= 15 is 0 Å². The van der Waals surface area contributed by atoms with Crippen LogP contribution in [0, 0.1) is 5.41 Å². The van der Waals surface area contributed by atoms with Crippen molar-refractivity contribution in [2.24, 2.45) is 11.3 Å². The molecule has 7 N–H and O–H groups in total. The molecule has 1 amide bonds. The van der Waals surface area contributed by atoms with Crippen LogP contribution in [0.25, 0.3) is 0 Å². The summed E-state index contributed by atoms with van der Waals surface area (Å²) >= 11 is 0. The van der Waals surface area contributed by atoms with E-state index in [0.29, 0.717) is 0 Å². The van der Waals surface area contributed by atoms with Gasteiger partial charge in [0.15, 0.2) is 6.23 Å². The predicted octanol–water partition coefficient (Wildman–Crippen LogP) is -2.93. The minimum atomic E-state index is -1.52. The number of rotatable bonds is 3. The molecule has 2 rings (SSSR count). The van der Waals surface area contributed by atoms with Gasteiger partial charge in [0.2, 0.25) is 5.91 Å². The van der Waals surface area contributed by atoms with E-state index in [9.17, 15) is 19.8 Å². The van der Waals surface area contributed by atoms with E-state index in [4.69, 9.17) is 16.3 Å². The number of nitrogens with one attached hydrogen (secondary N) is 1. The second kappa shape index (κ2) is 5.41. The van der Waals surface area contributed by atoms with Gasteiger partial charge in [-0.1, -0.05) is 0 Å². The van der Waals surface area contributed by atoms with Crippen LogP contribution >= 0.6 is 0 Å². The Bertz CT molecular complexity index is 605. The molecule has 0 radical (unpaired) electrons. The zero-order chi connectivity index (χ0) is 15.8. The first-order valence-electron chi connectivity index (χ1n) is 6.16. The molecule has 1 saturated heterocycles. The number of nitrogens with two attached hydrogens (primary N) is 2. The van der Waals surface area contributed by atoms with E-state index in [2.05, 4.69) is 4.98 Å². The van der Waals surface area contributed by atoms with Crippen LogP contribution in [0.5, 0.6) is 0 Å². The lowest BCUT2D eigenvalue weighted by atomic mass is 9.79. The Hall–Kier alpha value is -2.01. The Morgan fingerprint density at radius 1 is 1.67 bits per heavy atom. The maximum atomic E-state index is 11.9. The number of hydrogen-bond acceptors (Lipinski definition) is 8. The highest BCUT2D eigenvalue weighted by molar-refractivity contribution is 5.83. The molecule has 10 heteroatoms. The number of anilines is 1. The summed E-state index contributed by atoms with van der Waals surface area (Å²) in [4.78, 5) is 27.3. The average Bonchev–Trinajstić information content (AvgIpc) is 2.71. The van der Waals surface area contributed by atoms with Crippen molar-refractivity contribution in [1.29, 1.82) is 0 Å². The van der Waals surface area contributed by atoms with Crippen LogP contribution in [0.4, 0.5) is 5.82 Å². The average molecular weight is 299 g/mol. The first kappa shape index (κ1) is 15.4. The number of carbonyl (C=O) groups is 1. The molecule has 1 aliphatic heterocycles. The normalized spacial score (nSPS) is 32.1. The standard InChI is InChI=1S/C11H17N5O5/c1-11(9(19)15-13)5(4-17)21-8(7(11)18)16-3-2-6(12)14-10(16)20/h2-3,5,7-8,17-18H,4,13H2,1H3,(H,15,19)(H2,12,14,20)/t5-,7+,8-,11+/m1/s1. The van der Waals surface area contributed by atoms with Crippen molar-refractivity contribution in [2.45, 2.75) is 25.4 Å². The van der Waals surface area contributed by atoms with Crippen molar-refractivity contribution < 1.29 is 19.7 Å². The number of ether oxygens (including phenoxy) is 1. The molecule has 10 nitrogen and oxygen atoms in total. The van der Waals surface area contributed by atoms with Gasteiger partial charge in [0.05, 0.1) is 6.61 Å². The summed E-state index contributed by atoms with van der Waals surface area (Å²) < 4.78 is 6.43. The largest absolute Gasteiger partial charge is 0.394 e. The van der Waals surface area contributed by atoms with Gasteiger partial charge >= 0.3 is 5.69 Å². The molecule has 1 fully saturated rings. The topological polar surface area (TPSA) is 166 Å². The van der Waals surface area contributed by atoms with Gasteiger partial charge in [0.25, 0.3) is 0 Å². The lowest BCUT2D eigenvalue weighted by Crippen LogP contribution is -2.53. The fourth-order valence-electron chi connectivity index (χ4n) is 2.38. The monoisotopic (exact) mass is 299 g/mol. The van der Waals surface area contributed by atoms with Crippen LogP contribution in [0.2, 0.25) is 0 Å². The molecule has 4 atom stereocenters. The summed E-state index contributed by atoms with van der Waals surface area (Å²) in [5, 5.41) is 19.7. The molecular formula is C11H17N5O5. The molecule has 1 aromatic rings. The quantitative estimate of drug-likeness (QED) is 0.225. The Balaban J connectivity index is 2.44. The Morgan fingerprint density at radius 3 is 2.86 bits per heavy atom. The highest BCUT2D eigenvalue weighted by Crippen LogP contribution is 2.43. The first-order valence-corrected chi connectivity index (χ1v) is 6.16. The summed E-state index contributed by atoms with van der Waals surface area (Å²) in [7, 11) is 0. The molecule has 0 unspecified atom stereocenters. The third kappa shape index (κ3) is 2.27. The summed E-state index contributed by atoms with van der Waals surface area (Å²) in [6, 6.07) is 1.35. The number of nitrogen functional groups attached to an aromatic ring is 1. The molecule has 0 spiro atoms. The van der Waals surface area contributed by atoms with E-state index in [1.165, 1.54) is 19.2 Å². The van der Waals surface area contributed by atoms with Gasteiger partial charge in [-0.15, -0.1) is 0 Å². The number of aliphatic hydroxyl groups excluding tert-OH is 2. The third-order valence-corrected chi connectivity index (χ3v) is 3.77. The fraction of sp³-hybridized carbons (Fsp3) is 0.545. The first-order chi connectivity index (χ1) is 9.86. The molecule has 116 valence electrons.